The van der Waals surface area contributed by atoms with E-state index in [2.05, 4.69) is 86.3 Å². The molecule has 2 aliphatic rings. The maximum Gasteiger partial charge on any atom is 0.261 e. The zero-order valence-electron chi connectivity index (χ0n) is 18.1. The summed E-state index contributed by atoms with van der Waals surface area (Å²) >= 11 is 0. The van der Waals surface area contributed by atoms with Crippen LogP contribution in [0.5, 0.6) is 0 Å². The van der Waals surface area contributed by atoms with Crippen LogP contribution in [0.1, 0.15) is 46.5 Å². The second-order valence-electron chi connectivity index (χ2n) is 9.85. The van der Waals surface area contributed by atoms with Gasteiger partial charge in [-0.3, -0.25) is 4.90 Å². The Labute approximate surface area is 176 Å². The van der Waals surface area contributed by atoms with Gasteiger partial charge >= 0.3 is 0 Å². The van der Waals surface area contributed by atoms with E-state index in [9.17, 15) is 5.11 Å². The largest absolute Gasteiger partial charge is 0.406 e. The highest BCUT2D eigenvalue weighted by molar-refractivity contribution is 6.99. The molecule has 0 radical (unpaired) electrons. The van der Waals surface area contributed by atoms with E-state index in [0.717, 1.165) is 32.4 Å². The molecule has 0 unspecified atom stereocenters. The van der Waals surface area contributed by atoms with Crippen molar-refractivity contribution in [2.45, 2.75) is 63.1 Å². The molecule has 2 atom stereocenters. The standard InChI is InChI=1S/C25H35NO2Si/c1-24(2,3)29(22-11-6-4-7-12-22,23-13-8-5-9-14-23)28-19-21-15-17-25(20-27)16-10-18-26(21)25/h4-9,11-14,21,27H,10,15-20H2,1-3H3/t21-,25-/m0/s1. The van der Waals surface area contributed by atoms with E-state index in [0.29, 0.717) is 6.04 Å². The van der Waals surface area contributed by atoms with Gasteiger partial charge in [0, 0.05) is 11.6 Å². The molecule has 2 aliphatic heterocycles. The third kappa shape index (κ3) is 3.50. The SMILES string of the molecule is CC(C)(C)[Si](OC[C@@H]1CC[C@]2(CO)CCCN12)(c1ccccc1)c1ccccc1. The molecule has 0 bridgehead atoms. The Balaban J connectivity index is 1.70. The number of rotatable bonds is 6. The van der Waals surface area contributed by atoms with Crippen molar-refractivity contribution in [1.82, 2.24) is 4.90 Å². The fourth-order valence-electron chi connectivity index (χ4n) is 5.79. The molecule has 29 heavy (non-hydrogen) atoms. The number of fused-ring (bicyclic) bond motifs is 1. The topological polar surface area (TPSA) is 32.7 Å². The van der Waals surface area contributed by atoms with E-state index in [1.807, 2.05) is 0 Å². The van der Waals surface area contributed by atoms with Crippen molar-refractivity contribution in [2.75, 3.05) is 19.8 Å². The van der Waals surface area contributed by atoms with Crippen molar-refractivity contribution in [1.29, 1.82) is 0 Å². The van der Waals surface area contributed by atoms with Gasteiger partial charge < -0.3 is 9.53 Å². The number of aliphatic hydroxyl groups is 1. The Morgan fingerprint density at radius 1 is 1.00 bits per heavy atom. The molecule has 4 heteroatoms. The summed E-state index contributed by atoms with van der Waals surface area (Å²) in [6, 6.07) is 22.2. The van der Waals surface area contributed by atoms with Crippen LogP contribution in [0, 0.1) is 0 Å². The number of nitrogens with zero attached hydrogens (tertiary/aromatic N) is 1. The number of hydrogen-bond acceptors (Lipinski definition) is 3. The fourth-order valence-corrected chi connectivity index (χ4v) is 10.4. The molecule has 1 N–H and O–H groups in total. The van der Waals surface area contributed by atoms with Gasteiger partial charge in [-0.05, 0) is 47.6 Å². The van der Waals surface area contributed by atoms with Gasteiger partial charge in [-0.15, -0.1) is 0 Å². The highest BCUT2D eigenvalue weighted by Crippen LogP contribution is 2.43. The molecule has 156 valence electrons. The van der Waals surface area contributed by atoms with Crippen molar-refractivity contribution in [3.63, 3.8) is 0 Å². The number of benzene rings is 2. The van der Waals surface area contributed by atoms with Gasteiger partial charge in [0.2, 0.25) is 0 Å². The van der Waals surface area contributed by atoms with Gasteiger partial charge in [-0.1, -0.05) is 81.4 Å². The summed E-state index contributed by atoms with van der Waals surface area (Å²) in [4.78, 5) is 2.56. The van der Waals surface area contributed by atoms with E-state index in [1.165, 1.54) is 16.8 Å². The lowest BCUT2D eigenvalue weighted by atomic mass is 9.95. The van der Waals surface area contributed by atoms with Crippen LogP contribution in [-0.4, -0.2) is 49.7 Å². The summed E-state index contributed by atoms with van der Waals surface area (Å²) < 4.78 is 7.16. The predicted molar refractivity (Wildman–Crippen MR) is 122 cm³/mol. The lowest BCUT2D eigenvalue weighted by molar-refractivity contribution is 0.0614. The molecular weight excluding hydrogens is 374 g/mol. The number of hydrogen-bond donors (Lipinski definition) is 1. The molecule has 4 rings (SSSR count). The highest BCUT2D eigenvalue weighted by Gasteiger charge is 2.53. The average Bonchev–Trinajstić information content (AvgIpc) is 3.29. The third-order valence-corrected chi connectivity index (χ3v) is 12.2. The van der Waals surface area contributed by atoms with Crippen LogP contribution < -0.4 is 10.4 Å². The first-order chi connectivity index (χ1) is 13.9. The molecular formula is C25H35NO2Si. The van der Waals surface area contributed by atoms with Crippen molar-refractivity contribution in [2.24, 2.45) is 0 Å². The highest BCUT2D eigenvalue weighted by atomic mass is 28.4. The maximum atomic E-state index is 10.1. The molecule has 0 aromatic heterocycles. The Bertz CT molecular complexity index is 765. The van der Waals surface area contributed by atoms with Gasteiger partial charge in [0.1, 0.15) is 0 Å². The zero-order valence-corrected chi connectivity index (χ0v) is 19.1. The summed E-state index contributed by atoms with van der Waals surface area (Å²) in [5, 5.41) is 12.8. The minimum Gasteiger partial charge on any atom is -0.406 e. The van der Waals surface area contributed by atoms with Crippen molar-refractivity contribution in [3.8, 4) is 0 Å². The van der Waals surface area contributed by atoms with E-state index in [4.69, 9.17) is 4.43 Å². The molecule has 2 aromatic carbocycles. The minimum absolute atomic E-state index is 0.00733. The minimum atomic E-state index is -2.48. The van der Waals surface area contributed by atoms with Crippen LogP contribution in [0.4, 0.5) is 0 Å². The fraction of sp³-hybridized carbons (Fsp3) is 0.520. The molecule has 2 saturated heterocycles. The van der Waals surface area contributed by atoms with Gasteiger partial charge in [0.15, 0.2) is 0 Å². The average molecular weight is 410 g/mol. The second-order valence-corrected chi connectivity index (χ2v) is 14.2. The van der Waals surface area contributed by atoms with Gasteiger partial charge in [0.25, 0.3) is 8.32 Å². The Morgan fingerprint density at radius 2 is 1.59 bits per heavy atom. The van der Waals surface area contributed by atoms with Crippen LogP contribution in [0.3, 0.4) is 0 Å². The quantitative estimate of drug-likeness (QED) is 0.741. The molecule has 0 aliphatic carbocycles. The first-order valence-electron chi connectivity index (χ1n) is 11.1. The van der Waals surface area contributed by atoms with Crippen LogP contribution in [0.15, 0.2) is 60.7 Å². The molecule has 3 nitrogen and oxygen atoms in total. The first-order valence-corrected chi connectivity index (χ1v) is 13.0. The van der Waals surface area contributed by atoms with Crippen LogP contribution >= 0.6 is 0 Å². The zero-order chi connectivity index (χ0) is 20.5. The molecule has 0 spiro atoms. The van der Waals surface area contributed by atoms with E-state index >= 15 is 0 Å². The molecule has 0 amide bonds. The van der Waals surface area contributed by atoms with Crippen LogP contribution in [0.25, 0.3) is 0 Å². The summed E-state index contributed by atoms with van der Waals surface area (Å²) in [6.07, 6.45) is 4.53. The summed E-state index contributed by atoms with van der Waals surface area (Å²) in [6.45, 7) is 9.12. The monoisotopic (exact) mass is 409 g/mol. The Morgan fingerprint density at radius 3 is 2.10 bits per heavy atom. The summed E-state index contributed by atoms with van der Waals surface area (Å²) in [5.41, 5.74) is 0.0134. The predicted octanol–water partition coefficient (Wildman–Crippen LogP) is 3.55. The number of aliphatic hydroxyl groups excluding tert-OH is 1. The molecule has 2 fully saturated rings. The first kappa shape index (κ1) is 20.8. The van der Waals surface area contributed by atoms with Crippen LogP contribution in [-0.2, 0) is 4.43 Å². The molecule has 2 aromatic rings. The van der Waals surface area contributed by atoms with Gasteiger partial charge in [-0.2, -0.15) is 0 Å². The Hall–Kier alpha value is -1.46. The Kier molecular flexibility index (Phi) is 5.73. The molecule has 2 heterocycles. The summed E-state index contributed by atoms with van der Waals surface area (Å²) in [7, 11) is -2.48. The normalized spacial score (nSPS) is 25.3. The van der Waals surface area contributed by atoms with Gasteiger partial charge in [0.05, 0.1) is 13.2 Å². The van der Waals surface area contributed by atoms with Crippen molar-refractivity contribution < 1.29 is 9.53 Å². The lowest BCUT2D eigenvalue weighted by Crippen LogP contribution is -2.67. The maximum absolute atomic E-state index is 10.1. The lowest BCUT2D eigenvalue weighted by Gasteiger charge is -2.44. The van der Waals surface area contributed by atoms with E-state index < -0.39 is 8.32 Å². The van der Waals surface area contributed by atoms with Crippen molar-refractivity contribution >= 4 is 18.7 Å². The van der Waals surface area contributed by atoms with Crippen LogP contribution in [0.2, 0.25) is 5.04 Å². The third-order valence-electron chi connectivity index (χ3n) is 7.24. The van der Waals surface area contributed by atoms with Crippen molar-refractivity contribution in [3.05, 3.63) is 60.7 Å². The van der Waals surface area contributed by atoms with Gasteiger partial charge in [-0.25, -0.2) is 0 Å². The van der Waals surface area contributed by atoms with E-state index in [-0.39, 0.29) is 17.2 Å². The molecule has 0 saturated carbocycles. The second kappa shape index (κ2) is 7.99. The van der Waals surface area contributed by atoms with E-state index in [1.54, 1.807) is 0 Å². The smallest absolute Gasteiger partial charge is 0.261 e. The summed E-state index contributed by atoms with van der Waals surface area (Å²) in [5.74, 6) is 0.